The van der Waals surface area contributed by atoms with Crippen LogP contribution in [0.15, 0.2) is 193 Å². The van der Waals surface area contributed by atoms with E-state index in [-0.39, 0.29) is 27.4 Å². The molecule has 0 saturated carbocycles. The largest absolute Gasteiger partial charge is 0.507 e. The Hall–Kier alpha value is -8.02. The fourth-order valence-electron chi connectivity index (χ4n) is 10.6. The van der Waals surface area contributed by atoms with Crippen molar-refractivity contribution >= 4 is 33.0 Å². The van der Waals surface area contributed by atoms with Crippen molar-refractivity contribution in [2.24, 2.45) is 0 Å². The predicted octanol–water partition coefficient (Wildman–Crippen LogP) is 18.6. The molecule has 5 heteroatoms. The van der Waals surface area contributed by atoms with Gasteiger partial charge in [-0.25, -0.2) is 4.98 Å². The van der Waals surface area contributed by atoms with Crippen LogP contribution in [0.3, 0.4) is 0 Å². The lowest BCUT2D eigenvalue weighted by Crippen LogP contribution is -2.18. The van der Waals surface area contributed by atoms with Gasteiger partial charge in [0.25, 0.3) is 0 Å². The second-order valence-electron chi connectivity index (χ2n) is 23.7. The van der Waals surface area contributed by atoms with Gasteiger partial charge in [0, 0.05) is 50.2 Å². The summed E-state index contributed by atoms with van der Waals surface area (Å²) in [7, 11) is 0. The molecule has 0 saturated heterocycles. The number of aromatic nitrogens is 3. The van der Waals surface area contributed by atoms with E-state index >= 15 is 0 Å². The number of pyridine rings is 1. The van der Waals surface area contributed by atoms with Gasteiger partial charge in [-0.05, 0) is 110 Å². The maximum absolute atomic E-state index is 12.7. The quantitative estimate of drug-likeness (QED) is 0.165. The fourth-order valence-corrected chi connectivity index (χ4v) is 10.6. The Bertz CT molecular complexity index is 3910. The molecule has 0 spiro atoms. The summed E-state index contributed by atoms with van der Waals surface area (Å²) >= 11 is 0. The number of fused-ring (bicyclic) bond motifs is 4. The topological polar surface area (TPSA) is 64.1 Å². The van der Waals surface area contributed by atoms with Crippen LogP contribution in [0.2, 0.25) is 0 Å². The monoisotopic (exact) mass is 968 g/mol. The number of rotatable bonds is 8. The smallest absolute Gasteiger partial charge is 0.149 e. The van der Waals surface area contributed by atoms with Crippen LogP contribution in [0.25, 0.3) is 94.7 Å². The lowest BCUT2D eigenvalue weighted by molar-refractivity contribution is 0.446. The maximum Gasteiger partial charge on any atom is 0.149 e. The third kappa shape index (κ3) is 8.58. The van der Waals surface area contributed by atoms with E-state index in [0.717, 1.165) is 94.4 Å². The third-order valence-electron chi connectivity index (χ3n) is 15.2. The molecule has 0 atom stereocenters. The van der Waals surface area contributed by atoms with E-state index in [1.54, 1.807) is 0 Å². The summed E-state index contributed by atoms with van der Waals surface area (Å²) in [5.74, 6) is 0.894. The molecule has 0 fully saturated rings. The van der Waals surface area contributed by atoms with Crippen molar-refractivity contribution in [1.29, 1.82) is 0 Å². The first-order valence-corrected chi connectivity index (χ1v) is 25.9. The minimum absolute atomic E-state index is 0.0995. The first-order valence-electron chi connectivity index (χ1n) is 25.9. The summed E-state index contributed by atoms with van der Waals surface area (Å²) in [5.41, 5.74) is 17.9. The molecule has 0 unspecified atom stereocenters. The summed E-state index contributed by atoms with van der Waals surface area (Å²) in [6.07, 6.45) is 1.91. The second-order valence-corrected chi connectivity index (χ2v) is 23.7. The number of nitrogens with zero attached hydrogens (tertiary/aromatic N) is 3. The van der Waals surface area contributed by atoms with Crippen molar-refractivity contribution < 1.29 is 9.52 Å². The van der Waals surface area contributed by atoms with E-state index in [0.29, 0.717) is 11.4 Å². The molecule has 0 aliphatic rings. The number of phenolic OH excluding ortho intramolecular Hbond substituents is 1. The van der Waals surface area contributed by atoms with E-state index < -0.39 is 0 Å². The van der Waals surface area contributed by atoms with Crippen molar-refractivity contribution in [3.63, 3.8) is 0 Å². The maximum atomic E-state index is 12.7. The molecule has 1 N–H and O–H groups in total. The van der Waals surface area contributed by atoms with Crippen LogP contribution in [-0.4, -0.2) is 19.6 Å². The Labute approximate surface area is 436 Å². The molecule has 0 radical (unpaired) electrons. The molecule has 0 bridgehead atoms. The molecule has 3 aromatic heterocycles. The summed E-state index contributed by atoms with van der Waals surface area (Å²) in [6.45, 7) is 24.5. The Morgan fingerprint density at radius 1 is 0.446 bits per heavy atom. The van der Waals surface area contributed by atoms with Crippen LogP contribution in [-0.2, 0) is 21.7 Å². The zero-order chi connectivity index (χ0) is 51.9. The number of aromatic hydroxyl groups is 1. The van der Waals surface area contributed by atoms with E-state index in [1.807, 2.05) is 18.3 Å². The lowest BCUT2D eigenvalue weighted by Gasteiger charge is -2.28. The first-order chi connectivity index (χ1) is 35.3. The van der Waals surface area contributed by atoms with E-state index in [9.17, 15) is 5.11 Å². The highest BCUT2D eigenvalue weighted by atomic mass is 16.3. The molecule has 368 valence electrons. The third-order valence-corrected chi connectivity index (χ3v) is 15.2. The lowest BCUT2D eigenvalue weighted by atomic mass is 9.78. The zero-order valence-electron chi connectivity index (χ0n) is 44.6. The van der Waals surface area contributed by atoms with Crippen molar-refractivity contribution in [2.45, 2.75) is 97.8 Å². The number of para-hydroxylation sites is 2. The number of hydrogen-bond donors (Lipinski definition) is 1. The molecule has 5 nitrogen and oxygen atoms in total. The number of hydrogen-bond acceptors (Lipinski definition) is 4. The molecule has 11 rings (SSSR count). The highest BCUT2D eigenvalue weighted by Gasteiger charge is 2.31. The summed E-state index contributed by atoms with van der Waals surface area (Å²) in [5, 5.41) is 14.7. The van der Waals surface area contributed by atoms with Gasteiger partial charge in [-0.1, -0.05) is 204 Å². The van der Waals surface area contributed by atoms with Crippen molar-refractivity contribution in [2.75, 3.05) is 0 Å². The zero-order valence-corrected chi connectivity index (χ0v) is 44.6. The Balaban J connectivity index is 1.16. The molecule has 8 aromatic carbocycles. The van der Waals surface area contributed by atoms with Crippen LogP contribution in [0.5, 0.6) is 5.75 Å². The van der Waals surface area contributed by atoms with Gasteiger partial charge in [-0.15, -0.1) is 0 Å². The van der Waals surface area contributed by atoms with Crippen LogP contribution < -0.4 is 0 Å². The van der Waals surface area contributed by atoms with Gasteiger partial charge in [0.15, 0.2) is 0 Å². The van der Waals surface area contributed by atoms with E-state index in [2.05, 4.69) is 251 Å². The Kier molecular flexibility index (Phi) is 11.7. The first kappa shape index (κ1) is 48.3. The number of imidazole rings is 1. The van der Waals surface area contributed by atoms with Gasteiger partial charge >= 0.3 is 0 Å². The van der Waals surface area contributed by atoms with Gasteiger partial charge in [-0.2, -0.15) is 0 Å². The van der Waals surface area contributed by atoms with Gasteiger partial charge in [0.05, 0.1) is 28.0 Å². The minimum Gasteiger partial charge on any atom is -0.507 e. The summed E-state index contributed by atoms with van der Waals surface area (Å²) in [6, 6.07) is 64.9. The van der Waals surface area contributed by atoms with E-state index in [1.165, 1.54) is 16.7 Å². The SMILES string of the molecule is CC(C)(C)c1ccc(-n2c(-c3cc(C(C)(C)C)cc(C(C)(C)C)c3O)nc3c(-c4cc(-c5cc(-c6ccc(C(C)(C)c7ccccc7)cc6)ccn5)cc5c4oc4ccccc45)cccc32)c(-c2ccccc2)c1. The Morgan fingerprint density at radius 2 is 1.09 bits per heavy atom. The highest BCUT2D eigenvalue weighted by Crippen LogP contribution is 2.48. The fraction of sp³-hybridized carbons (Fsp3) is 0.217. The predicted molar refractivity (Wildman–Crippen MR) is 310 cm³/mol. The highest BCUT2D eigenvalue weighted by molar-refractivity contribution is 6.13. The van der Waals surface area contributed by atoms with Gasteiger partial charge in [0.1, 0.15) is 22.7 Å². The molecule has 74 heavy (non-hydrogen) atoms. The minimum atomic E-state index is -0.354. The average Bonchev–Trinajstić information content (AvgIpc) is 3.97. The Morgan fingerprint density at radius 3 is 1.80 bits per heavy atom. The van der Waals surface area contributed by atoms with Crippen molar-refractivity contribution in [3.8, 4) is 67.5 Å². The number of benzene rings is 8. The summed E-state index contributed by atoms with van der Waals surface area (Å²) in [4.78, 5) is 10.8. The molecule has 0 aliphatic carbocycles. The molecule has 11 aromatic rings. The number of phenols is 1. The van der Waals surface area contributed by atoms with Crippen LogP contribution in [0, 0.1) is 0 Å². The molecule has 0 amide bonds. The molecular weight excluding hydrogens is 903 g/mol. The molecule has 0 aliphatic heterocycles. The van der Waals surface area contributed by atoms with Gasteiger partial charge in [-0.3, -0.25) is 9.55 Å². The van der Waals surface area contributed by atoms with Crippen LogP contribution >= 0.6 is 0 Å². The van der Waals surface area contributed by atoms with Crippen molar-refractivity contribution in [1.82, 2.24) is 14.5 Å². The number of furan rings is 1. The van der Waals surface area contributed by atoms with Crippen LogP contribution in [0.1, 0.15) is 104 Å². The second kappa shape index (κ2) is 17.9. The van der Waals surface area contributed by atoms with E-state index in [4.69, 9.17) is 14.4 Å². The standard InChI is InChI=1S/C69H65N3O2/c1-66(2,3)49-33-34-59(53(40-49)44-21-14-12-15-22-44)72-60-27-20-26-52(62(60)71-65(72)56-41-50(67(4,5)6)42-57(63(56)73)68(7,8)9)55-38-46(37-54-51-25-18-19-28-61(51)74-64(54)55)58-39-45(35-36-70-58)43-29-31-48(32-30-43)69(10,11)47-23-16-13-17-24-47/h12-42,73H,1-11H3. The average molecular weight is 968 g/mol. The normalized spacial score (nSPS) is 12.6. The molecule has 3 heterocycles. The van der Waals surface area contributed by atoms with Gasteiger partial charge < -0.3 is 9.52 Å². The van der Waals surface area contributed by atoms with Crippen molar-refractivity contribution in [3.05, 3.63) is 216 Å². The molecular formula is C69H65N3O2. The van der Waals surface area contributed by atoms with Crippen LogP contribution in [0.4, 0.5) is 0 Å². The van der Waals surface area contributed by atoms with Gasteiger partial charge in [0.2, 0.25) is 0 Å². The summed E-state index contributed by atoms with van der Waals surface area (Å²) < 4.78 is 9.18.